The minimum Gasteiger partial charge on any atom is -0.493 e. The van der Waals surface area contributed by atoms with Crippen LogP contribution in [0.4, 0.5) is 0 Å². The second-order valence-electron chi connectivity index (χ2n) is 8.65. The minimum absolute atomic E-state index is 0.0895. The molecule has 0 N–H and O–H groups in total. The van der Waals surface area contributed by atoms with Crippen molar-refractivity contribution in [1.82, 2.24) is 4.90 Å². The van der Waals surface area contributed by atoms with Gasteiger partial charge in [-0.1, -0.05) is 19.9 Å². The Morgan fingerprint density at radius 3 is 2.55 bits per heavy atom. The number of hydrogen-bond donors (Lipinski definition) is 0. The number of amides is 2. The molecule has 1 unspecified atom stereocenters. The summed E-state index contributed by atoms with van der Waals surface area (Å²) in [7, 11) is -1.81. The minimum atomic E-state index is -3.33. The molecule has 2 aliphatic rings. The van der Waals surface area contributed by atoms with Crippen molar-refractivity contribution >= 4 is 27.7 Å². The van der Waals surface area contributed by atoms with Gasteiger partial charge in [-0.05, 0) is 55.0 Å². The average molecular weight is 473 g/mol. The maximum absolute atomic E-state index is 13.3. The molecule has 1 fully saturated rings. The molecule has 33 heavy (non-hydrogen) atoms. The molecular formula is C24H28N2O6S. The molecule has 1 aromatic rings. The maximum Gasteiger partial charge on any atom is 0.271 e. The third-order valence-electron chi connectivity index (χ3n) is 5.80. The molecule has 2 amide bonds. The van der Waals surface area contributed by atoms with E-state index in [1.54, 1.807) is 31.2 Å². The van der Waals surface area contributed by atoms with Gasteiger partial charge in [-0.15, -0.1) is 0 Å². The van der Waals surface area contributed by atoms with Gasteiger partial charge >= 0.3 is 0 Å². The summed E-state index contributed by atoms with van der Waals surface area (Å²) in [5.74, 6) is -0.149. The van der Waals surface area contributed by atoms with Crippen LogP contribution in [0.3, 0.4) is 0 Å². The Kier molecular flexibility index (Phi) is 7.28. The standard InChI is InChI=1S/C24H28N2O6S/c1-15(2)7-9-32-21-6-5-17(12-22(21)31-4)11-19-16(3)20(13-25)24(28)26(23(19)27)18-8-10-33(29,30)14-18/h5-6,11-12,15,18H,7-10,14H2,1-4H3. The summed E-state index contributed by atoms with van der Waals surface area (Å²) < 4.78 is 35.1. The number of nitriles is 1. The van der Waals surface area contributed by atoms with E-state index in [0.29, 0.717) is 29.6 Å². The Labute approximate surface area is 194 Å². The first-order valence-corrected chi connectivity index (χ1v) is 12.6. The maximum atomic E-state index is 13.3. The Bertz CT molecular complexity index is 1170. The fraction of sp³-hybridized carbons (Fsp3) is 0.458. The predicted molar refractivity (Wildman–Crippen MR) is 123 cm³/mol. The fourth-order valence-corrected chi connectivity index (χ4v) is 5.57. The van der Waals surface area contributed by atoms with Crippen molar-refractivity contribution < 1.29 is 27.5 Å². The van der Waals surface area contributed by atoms with Gasteiger partial charge in [-0.3, -0.25) is 14.5 Å². The van der Waals surface area contributed by atoms with Crippen LogP contribution < -0.4 is 9.47 Å². The molecule has 2 heterocycles. The summed E-state index contributed by atoms with van der Waals surface area (Å²) >= 11 is 0. The molecular weight excluding hydrogens is 444 g/mol. The highest BCUT2D eigenvalue weighted by Crippen LogP contribution is 2.33. The Morgan fingerprint density at radius 1 is 1.24 bits per heavy atom. The van der Waals surface area contributed by atoms with Crippen LogP contribution in [0.2, 0.25) is 0 Å². The third-order valence-corrected chi connectivity index (χ3v) is 7.55. The number of rotatable bonds is 7. The van der Waals surface area contributed by atoms with Crippen LogP contribution in [0.25, 0.3) is 6.08 Å². The van der Waals surface area contributed by atoms with Gasteiger partial charge in [0.2, 0.25) is 0 Å². The molecule has 0 radical (unpaired) electrons. The molecule has 0 spiro atoms. The monoisotopic (exact) mass is 472 g/mol. The van der Waals surface area contributed by atoms with Crippen LogP contribution in [0.15, 0.2) is 34.9 Å². The zero-order valence-electron chi connectivity index (χ0n) is 19.3. The SMILES string of the molecule is COc1cc(C=C2C(=O)N(C3CCS(=O)(=O)C3)C(=O)C(C#N)=C2C)ccc1OCCC(C)C. The molecule has 8 nitrogen and oxygen atoms in total. The number of carbonyl (C=O) groups is 2. The van der Waals surface area contributed by atoms with Crippen LogP contribution in [0.5, 0.6) is 11.5 Å². The van der Waals surface area contributed by atoms with Gasteiger partial charge in [0.15, 0.2) is 21.3 Å². The second-order valence-corrected chi connectivity index (χ2v) is 10.9. The summed E-state index contributed by atoms with van der Waals surface area (Å²) in [6.07, 6.45) is 2.64. The van der Waals surface area contributed by atoms with Crippen molar-refractivity contribution in [2.75, 3.05) is 25.2 Å². The van der Waals surface area contributed by atoms with E-state index in [1.807, 2.05) is 6.07 Å². The van der Waals surface area contributed by atoms with E-state index in [-0.39, 0.29) is 34.6 Å². The van der Waals surface area contributed by atoms with Gasteiger partial charge in [-0.25, -0.2) is 8.42 Å². The van der Waals surface area contributed by atoms with E-state index < -0.39 is 27.7 Å². The van der Waals surface area contributed by atoms with Crippen molar-refractivity contribution in [3.63, 3.8) is 0 Å². The fourth-order valence-electron chi connectivity index (χ4n) is 3.87. The number of ether oxygens (including phenoxy) is 2. The Balaban J connectivity index is 1.97. The lowest BCUT2D eigenvalue weighted by Crippen LogP contribution is -2.49. The summed E-state index contributed by atoms with van der Waals surface area (Å²) in [6.45, 7) is 6.31. The Morgan fingerprint density at radius 2 is 1.97 bits per heavy atom. The van der Waals surface area contributed by atoms with Gasteiger partial charge in [0.1, 0.15) is 11.6 Å². The van der Waals surface area contributed by atoms with E-state index in [4.69, 9.17) is 9.47 Å². The third kappa shape index (κ3) is 5.28. The number of hydrogen-bond acceptors (Lipinski definition) is 7. The topological polar surface area (TPSA) is 114 Å². The van der Waals surface area contributed by atoms with E-state index in [9.17, 15) is 23.3 Å². The van der Waals surface area contributed by atoms with Crippen molar-refractivity contribution in [2.45, 2.75) is 39.7 Å². The summed E-state index contributed by atoms with van der Waals surface area (Å²) in [5.41, 5.74) is 0.897. The molecule has 1 aromatic carbocycles. The quantitative estimate of drug-likeness (QED) is 0.443. The number of carbonyl (C=O) groups excluding carboxylic acids is 2. The lowest BCUT2D eigenvalue weighted by Gasteiger charge is -2.31. The number of nitrogens with zero attached hydrogens (tertiary/aromatic N) is 2. The van der Waals surface area contributed by atoms with Gasteiger partial charge in [0.05, 0.1) is 31.3 Å². The largest absolute Gasteiger partial charge is 0.493 e. The van der Waals surface area contributed by atoms with Crippen LogP contribution in [-0.2, 0) is 19.4 Å². The highest BCUT2D eigenvalue weighted by molar-refractivity contribution is 7.91. The first kappa shape index (κ1) is 24.5. The normalized spacial score (nSPS) is 21.6. The number of imide groups is 1. The zero-order valence-corrected chi connectivity index (χ0v) is 20.1. The summed E-state index contributed by atoms with van der Waals surface area (Å²) in [6, 6.07) is 6.32. The highest BCUT2D eigenvalue weighted by atomic mass is 32.2. The number of benzene rings is 1. The molecule has 0 bridgehead atoms. The van der Waals surface area contributed by atoms with Crippen molar-refractivity contribution in [1.29, 1.82) is 5.26 Å². The van der Waals surface area contributed by atoms with Crippen LogP contribution in [0, 0.1) is 17.2 Å². The van der Waals surface area contributed by atoms with Crippen LogP contribution in [0.1, 0.15) is 39.2 Å². The van der Waals surface area contributed by atoms with Gasteiger partial charge < -0.3 is 9.47 Å². The molecule has 1 saturated heterocycles. The smallest absolute Gasteiger partial charge is 0.271 e. The van der Waals surface area contributed by atoms with Crippen molar-refractivity contribution in [3.05, 3.63) is 40.5 Å². The van der Waals surface area contributed by atoms with Gasteiger partial charge in [-0.2, -0.15) is 5.26 Å². The van der Waals surface area contributed by atoms with E-state index >= 15 is 0 Å². The van der Waals surface area contributed by atoms with Crippen molar-refractivity contribution in [3.8, 4) is 17.6 Å². The molecule has 0 saturated carbocycles. The predicted octanol–water partition coefficient (Wildman–Crippen LogP) is 2.90. The lowest BCUT2D eigenvalue weighted by molar-refractivity contribution is -0.142. The second kappa shape index (κ2) is 9.79. The molecule has 9 heteroatoms. The molecule has 2 aliphatic heterocycles. The van der Waals surface area contributed by atoms with E-state index in [2.05, 4.69) is 13.8 Å². The molecule has 3 rings (SSSR count). The van der Waals surface area contributed by atoms with Crippen LogP contribution >= 0.6 is 0 Å². The Hall–Kier alpha value is -3.12. The molecule has 0 aromatic heterocycles. The van der Waals surface area contributed by atoms with Crippen LogP contribution in [-0.4, -0.2) is 56.4 Å². The molecule has 0 aliphatic carbocycles. The summed E-state index contributed by atoms with van der Waals surface area (Å²) in [4.78, 5) is 27.0. The van der Waals surface area contributed by atoms with Crippen molar-refractivity contribution in [2.24, 2.45) is 5.92 Å². The number of sulfone groups is 1. The average Bonchev–Trinajstić information content (AvgIpc) is 3.11. The lowest BCUT2D eigenvalue weighted by atomic mass is 9.92. The molecule has 176 valence electrons. The van der Waals surface area contributed by atoms with Gasteiger partial charge in [0, 0.05) is 5.57 Å². The van der Waals surface area contributed by atoms with E-state index in [1.165, 1.54) is 7.11 Å². The molecule has 1 atom stereocenters. The zero-order chi connectivity index (χ0) is 24.3. The summed E-state index contributed by atoms with van der Waals surface area (Å²) in [5, 5.41) is 9.56. The first-order chi connectivity index (χ1) is 15.6. The van der Waals surface area contributed by atoms with E-state index in [0.717, 1.165) is 11.3 Å². The first-order valence-electron chi connectivity index (χ1n) is 10.8. The number of methoxy groups -OCH3 is 1. The van der Waals surface area contributed by atoms with Gasteiger partial charge in [0.25, 0.3) is 11.8 Å². The highest BCUT2D eigenvalue weighted by Gasteiger charge is 2.43.